The first kappa shape index (κ1) is 17.6. The maximum Gasteiger partial charge on any atom is 0.441 e. The summed E-state index contributed by atoms with van der Waals surface area (Å²) < 4.78 is 36.0. The number of nitrogens with one attached hydrogen (secondary N) is 1. The van der Waals surface area contributed by atoms with Crippen molar-refractivity contribution in [1.29, 1.82) is 0 Å². The Kier molecular flexibility index (Phi) is 5.86. The number of aromatic nitrogens is 1. The third kappa shape index (κ3) is 5.74. The lowest BCUT2D eigenvalue weighted by Gasteiger charge is -2.16. The highest BCUT2D eigenvalue weighted by atomic mass is 32.2. The van der Waals surface area contributed by atoms with Gasteiger partial charge in [0.1, 0.15) is 0 Å². The van der Waals surface area contributed by atoms with Crippen LogP contribution in [0.3, 0.4) is 0 Å². The van der Waals surface area contributed by atoms with Gasteiger partial charge in [-0.2, -0.15) is 13.2 Å². The van der Waals surface area contributed by atoms with Crippen LogP contribution in [-0.2, 0) is 16.1 Å². The van der Waals surface area contributed by atoms with Crippen LogP contribution in [0.4, 0.5) is 13.2 Å². The van der Waals surface area contributed by atoms with E-state index in [9.17, 15) is 22.8 Å². The molecule has 1 saturated heterocycles. The molecule has 1 aromatic heterocycles. The highest BCUT2D eigenvalue weighted by molar-refractivity contribution is 8.00. The van der Waals surface area contributed by atoms with Gasteiger partial charge in [0.2, 0.25) is 11.8 Å². The van der Waals surface area contributed by atoms with E-state index in [0.29, 0.717) is 6.54 Å². The first-order valence-corrected chi connectivity index (χ1v) is 7.99. The van der Waals surface area contributed by atoms with E-state index in [1.165, 1.54) is 0 Å². The fourth-order valence-corrected chi connectivity index (χ4v) is 2.73. The quantitative estimate of drug-likeness (QED) is 0.797. The minimum absolute atomic E-state index is 0.0714. The van der Waals surface area contributed by atoms with Crippen molar-refractivity contribution in [3.63, 3.8) is 0 Å². The molecule has 23 heavy (non-hydrogen) atoms. The van der Waals surface area contributed by atoms with Gasteiger partial charge in [0, 0.05) is 44.2 Å². The van der Waals surface area contributed by atoms with Crippen LogP contribution >= 0.6 is 11.8 Å². The molecule has 9 heteroatoms. The summed E-state index contributed by atoms with van der Waals surface area (Å²) in [6.45, 7) is 0.604. The lowest BCUT2D eigenvalue weighted by Crippen LogP contribution is -2.34. The highest BCUT2D eigenvalue weighted by Crippen LogP contribution is 2.29. The molecule has 0 spiro atoms. The Morgan fingerprint density at radius 2 is 2.09 bits per heavy atom. The van der Waals surface area contributed by atoms with Crippen LogP contribution in [0.15, 0.2) is 24.5 Å². The lowest BCUT2D eigenvalue weighted by molar-refractivity contribution is -0.129. The number of hydrogen-bond donors (Lipinski definition) is 1. The smallest absolute Gasteiger partial charge is 0.355 e. The van der Waals surface area contributed by atoms with Crippen molar-refractivity contribution in [3.05, 3.63) is 30.1 Å². The molecule has 1 atom stereocenters. The molecule has 2 rings (SSSR count). The average Bonchev–Trinajstić information content (AvgIpc) is 2.85. The molecule has 1 fully saturated rings. The number of amides is 2. The van der Waals surface area contributed by atoms with E-state index in [1.807, 2.05) is 0 Å². The Morgan fingerprint density at radius 3 is 2.74 bits per heavy atom. The molecule has 1 aliphatic heterocycles. The topological polar surface area (TPSA) is 62.3 Å². The Balaban J connectivity index is 1.76. The lowest BCUT2D eigenvalue weighted by atomic mass is 10.1. The number of halogens is 3. The number of carbonyl (C=O) groups excluding carboxylic acids is 2. The van der Waals surface area contributed by atoms with Crippen LogP contribution in [0.1, 0.15) is 12.0 Å². The van der Waals surface area contributed by atoms with Gasteiger partial charge in [-0.15, -0.1) is 0 Å². The minimum Gasteiger partial charge on any atom is -0.355 e. The van der Waals surface area contributed by atoms with Crippen LogP contribution in [0, 0.1) is 5.92 Å². The van der Waals surface area contributed by atoms with Gasteiger partial charge in [-0.1, -0.05) is 0 Å². The van der Waals surface area contributed by atoms with Crippen molar-refractivity contribution < 1.29 is 22.8 Å². The molecule has 0 aliphatic carbocycles. The van der Waals surface area contributed by atoms with Crippen molar-refractivity contribution in [2.24, 2.45) is 5.92 Å². The molecule has 0 aromatic carbocycles. The number of thioether (sulfide) groups is 1. The second-order valence-corrected chi connectivity index (χ2v) is 6.28. The fourth-order valence-electron chi connectivity index (χ4n) is 2.29. The standard InChI is InChI=1S/C14H16F3N3O2S/c15-14(16,17)23-6-5-19-13(22)11-7-12(21)20(9-11)8-10-1-3-18-4-2-10/h1-4,11H,5-9H2,(H,19,22). The van der Waals surface area contributed by atoms with Crippen LogP contribution in [-0.4, -0.2) is 46.0 Å². The number of likely N-dealkylation sites (tertiary alicyclic amines) is 1. The van der Waals surface area contributed by atoms with Crippen molar-refractivity contribution in [1.82, 2.24) is 15.2 Å². The van der Waals surface area contributed by atoms with Crippen molar-refractivity contribution in [2.45, 2.75) is 18.5 Å². The van der Waals surface area contributed by atoms with Gasteiger partial charge in [-0.25, -0.2) is 0 Å². The molecule has 2 heterocycles. The maximum absolute atomic E-state index is 12.0. The summed E-state index contributed by atoms with van der Waals surface area (Å²) in [4.78, 5) is 29.3. The third-order valence-electron chi connectivity index (χ3n) is 3.38. The van der Waals surface area contributed by atoms with Crippen LogP contribution < -0.4 is 5.32 Å². The number of alkyl halides is 3. The minimum atomic E-state index is -4.30. The number of hydrogen-bond acceptors (Lipinski definition) is 4. The number of carbonyl (C=O) groups is 2. The number of nitrogens with zero attached hydrogens (tertiary/aromatic N) is 2. The number of rotatable bonds is 6. The molecular weight excluding hydrogens is 331 g/mol. The van der Waals surface area contributed by atoms with E-state index >= 15 is 0 Å². The largest absolute Gasteiger partial charge is 0.441 e. The molecule has 1 aromatic rings. The summed E-state index contributed by atoms with van der Waals surface area (Å²) in [6.07, 6.45) is 3.33. The molecule has 0 bridgehead atoms. The first-order valence-electron chi connectivity index (χ1n) is 7.00. The predicted molar refractivity (Wildman–Crippen MR) is 79.3 cm³/mol. The van der Waals surface area contributed by atoms with Gasteiger partial charge in [0.15, 0.2) is 0 Å². The van der Waals surface area contributed by atoms with E-state index in [0.717, 1.165) is 5.56 Å². The number of pyridine rings is 1. The second-order valence-electron chi connectivity index (χ2n) is 5.12. The highest BCUT2D eigenvalue weighted by Gasteiger charge is 2.34. The van der Waals surface area contributed by atoms with Gasteiger partial charge >= 0.3 is 5.51 Å². The molecule has 0 saturated carbocycles. The SMILES string of the molecule is O=C(NCCSC(F)(F)F)C1CC(=O)N(Cc2ccncc2)C1. The third-order valence-corrected chi connectivity index (χ3v) is 4.11. The zero-order valence-electron chi connectivity index (χ0n) is 12.2. The van der Waals surface area contributed by atoms with Crippen LogP contribution in [0.2, 0.25) is 0 Å². The molecule has 126 valence electrons. The molecule has 5 nitrogen and oxygen atoms in total. The van der Waals surface area contributed by atoms with Crippen LogP contribution in [0.25, 0.3) is 0 Å². The predicted octanol–water partition coefficient (Wildman–Crippen LogP) is 1.80. The summed E-state index contributed by atoms with van der Waals surface area (Å²) in [5.74, 6) is -1.26. The fraction of sp³-hybridized carbons (Fsp3) is 0.500. The molecular formula is C14H16F3N3O2S. The van der Waals surface area contributed by atoms with Gasteiger partial charge in [-0.05, 0) is 29.5 Å². The second kappa shape index (κ2) is 7.67. The normalized spacial score (nSPS) is 18.3. The van der Waals surface area contributed by atoms with Crippen molar-refractivity contribution in [2.75, 3.05) is 18.8 Å². The Labute approximate surface area is 135 Å². The van der Waals surface area contributed by atoms with Crippen molar-refractivity contribution >= 4 is 23.6 Å². The van der Waals surface area contributed by atoms with Gasteiger partial charge in [-0.3, -0.25) is 14.6 Å². The molecule has 1 aliphatic rings. The first-order chi connectivity index (χ1) is 10.8. The monoisotopic (exact) mass is 347 g/mol. The van der Waals surface area contributed by atoms with Gasteiger partial charge in [0.25, 0.3) is 0 Å². The Morgan fingerprint density at radius 1 is 1.39 bits per heavy atom. The summed E-state index contributed by atoms with van der Waals surface area (Å²) in [6, 6.07) is 3.57. The summed E-state index contributed by atoms with van der Waals surface area (Å²) >= 11 is -0.177. The molecule has 1 unspecified atom stereocenters. The summed E-state index contributed by atoms with van der Waals surface area (Å²) in [7, 11) is 0. The molecule has 2 amide bonds. The van der Waals surface area contributed by atoms with E-state index in [4.69, 9.17) is 0 Å². The maximum atomic E-state index is 12.0. The Hall–Kier alpha value is -1.77. The molecule has 0 radical (unpaired) electrons. The van der Waals surface area contributed by atoms with Crippen molar-refractivity contribution in [3.8, 4) is 0 Å². The summed E-state index contributed by atoms with van der Waals surface area (Å²) in [5, 5.41) is 2.45. The average molecular weight is 347 g/mol. The van der Waals surface area contributed by atoms with E-state index in [2.05, 4.69) is 10.3 Å². The zero-order chi connectivity index (χ0) is 16.9. The van der Waals surface area contributed by atoms with Crippen LogP contribution in [0.5, 0.6) is 0 Å². The van der Waals surface area contributed by atoms with E-state index < -0.39 is 11.4 Å². The zero-order valence-corrected chi connectivity index (χ0v) is 13.0. The van der Waals surface area contributed by atoms with Gasteiger partial charge in [0.05, 0.1) is 5.92 Å². The Bertz CT molecular complexity index is 554. The van der Waals surface area contributed by atoms with E-state index in [1.54, 1.807) is 29.4 Å². The van der Waals surface area contributed by atoms with E-state index in [-0.39, 0.29) is 48.8 Å². The molecule has 1 N–H and O–H groups in total. The summed E-state index contributed by atoms with van der Waals surface area (Å²) in [5.41, 5.74) is -3.38. The van der Waals surface area contributed by atoms with Gasteiger partial charge < -0.3 is 10.2 Å².